The number of hydrogen-bond donors (Lipinski definition) is 1. The van der Waals surface area contributed by atoms with Gasteiger partial charge < -0.3 is 14.6 Å². The summed E-state index contributed by atoms with van der Waals surface area (Å²) in [7, 11) is 0. The van der Waals surface area contributed by atoms with E-state index < -0.39 is 0 Å². The summed E-state index contributed by atoms with van der Waals surface area (Å²) >= 11 is 0. The minimum atomic E-state index is 0.455. The van der Waals surface area contributed by atoms with Gasteiger partial charge in [-0.2, -0.15) is 0 Å². The SMILES string of the molecule is CC(C)Cn1ccnc1NCCC1CCCO1. The van der Waals surface area contributed by atoms with Crippen LogP contribution in [0.4, 0.5) is 5.95 Å². The normalized spacial score (nSPS) is 20.1. The highest BCUT2D eigenvalue weighted by Crippen LogP contribution is 2.15. The number of aromatic nitrogens is 2. The second-order valence-electron chi connectivity index (χ2n) is 5.15. The zero-order chi connectivity index (χ0) is 12.1. The van der Waals surface area contributed by atoms with E-state index in [1.54, 1.807) is 0 Å². The highest BCUT2D eigenvalue weighted by atomic mass is 16.5. The van der Waals surface area contributed by atoms with Crippen molar-refractivity contribution < 1.29 is 4.74 Å². The zero-order valence-corrected chi connectivity index (χ0v) is 10.9. The minimum Gasteiger partial charge on any atom is -0.378 e. The Morgan fingerprint density at radius 2 is 2.47 bits per heavy atom. The summed E-state index contributed by atoms with van der Waals surface area (Å²) in [6, 6.07) is 0. The number of nitrogens with one attached hydrogen (secondary N) is 1. The second kappa shape index (κ2) is 6.05. The molecular weight excluding hydrogens is 214 g/mol. The average Bonchev–Trinajstić information content (AvgIpc) is 2.90. The Bertz CT molecular complexity index is 329. The Morgan fingerprint density at radius 1 is 1.59 bits per heavy atom. The third-order valence-corrected chi connectivity index (χ3v) is 3.05. The van der Waals surface area contributed by atoms with Gasteiger partial charge in [0.1, 0.15) is 0 Å². The summed E-state index contributed by atoms with van der Waals surface area (Å²) in [6.07, 6.45) is 7.85. The van der Waals surface area contributed by atoms with Crippen LogP contribution < -0.4 is 5.32 Å². The molecule has 1 aromatic heterocycles. The molecule has 1 atom stereocenters. The molecule has 2 heterocycles. The summed E-state index contributed by atoms with van der Waals surface area (Å²) in [5.41, 5.74) is 0. The lowest BCUT2D eigenvalue weighted by Crippen LogP contribution is -2.15. The molecule has 0 amide bonds. The second-order valence-corrected chi connectivity index (χ2v) is 5.15. The van der Waals surface area contributed by atoms with Crippen molar-refractivity contribution in [2.75, 3.05) is 18.5 Å². The topological polar surface area (TPSA) is 39.1 Å². The molecule has 2 rings (SSSR count). The molecule has 4 nitrogen and oxygen atoms in total. The fourth-order valence-electron chi connectivity index (χ4n) is 2.23. The molecule has 0 radical (unpaired) electrons. The van der Waals surface area contributed by atoms with E-state index in [9.17, 15) is 0 Å². The first kappa shape index (κ1) is 12.4. The maximum atomic E-state index is 5.60. The number of nitrogens with zero attached hydrogens (tertiary/aromatic N) is 2. The smallest absolute Gasteiger partial charge is 0.202 e. The minimum absolute atomic E-state index is 0.455. The van der Waals surface area contributed by atoms with E-state index in [1.165, 1.54) is 12.8 Å². The van der Waals surface area contributed by atoms with Gasteiger partial charge >= 0.3 is 0 Å². The Labute approximate surface area is 103 Å². The van der Waals surface area contributed by atoms with E-state index in [-0.39, 0.29) is 0 Å². The van der Waals surface area contributed by atoms with Gasteiger partial charge in [0.15, 0.2) is 0 Å². The highest BCUT2D eigenvalue weighted by molar-refractivity contribution is 5.25. The van der Waals surface area contributed by atoms with Crippen LogP contribution in [0.1, 0.15) is 33.1 Å². The van der Waals surface area contributed by atoms with E-state index in [4.69, 9.17) is 4.74 Å². The number of imidazole rings is 1. The van der Waals surface area contributed by atoms with Gasteiger partial charge in [0, 0.05) is 32.1 Å². The van der Waals surface area contributed by atoms with Crippen LogP contribution in [0.5, 0.6) is 0 Å². The van der Waals surface area contributed by atoms with Crippen molar-refractivity contribution in [3.8, 4) is 0 Å². The van der Waals surface area contributed by atoms with Crippen molar-refractivity contribution in [1.29, 1.82) is 0 Å². The van der Waals surface area contributed by atoms with Gasteiger partial charge in [-0.3, -0.25) is 0 Å². The third kappa shape index (κ3) is 3.73. The van der Waals surface area contributed by atoms with Crippen LogP contribution in [0.25, 0.3) is 0 Å². The van der Waals surface area contributed by atoms with Gasteiger partial charge in [0.25, 0.3) is 0 Å². The molecule has 96 valence electrons. The van der Waals surface area contributed by atoms with Gasteiger partial charge in [0.05, 0.1) is 6.10 Å². The summed E-state index contributed by atoms with van der Waals surface area (Å²) in [6.45, 7) is 7.33. The lowest BCUT2D eigenvalue weighted by Gasteiger charge is -2.13. The van der Waals surface area contributed by atoms with Gasteiger partial charge in [-0.15, -0.1) is 0 Å². The average molecular weight is 237 g/mol. The van der Waals surface area contributed by atoms with Crippen LogP contribution in [0.2, 0.25) is 0 Å². The molecule has 0 saturated carbocycles. The standard InChI is InChI=1S/C13H23N3O/c1-11(2)10-16-8-7-15-13(16)14-6-5-12-4-3-9-17-12/h7-8,11-12H,3-6,9-10H2,1-2H3,(H,14,15). The molecule has 1 unspecified atom stereocenters. The first-order valence-electron chi connectivity index (χ1n) is 6.62. The molecule has 1 saturated heterocycles. The number of anilines is 1. The molecular formula is C13H23N3O. The highest BCUT2D eigenvalue weighted by Gasteiger charge is 2.14. The van der Waals surface area contributed by atoms with Gasteiger partial charge in [-0.1, -0.05) is 13.8 Å². The molecule has 1 aliphatic heterocycles. The number of hydrogen-bond acceptors (Lipinski definition) is 3. The molecule has 4 heteroatoms. The fraction of sp³-hybridized carbons (Fsp3) is 0.769. The van der Waals surface area contributed by atoms with E-state index in [1.807, 2.05) is 12.4 Å². The Morgan fingerprint density at radius 3 is 3.18 bits per heavy atom. The van der Waals surface area contributed by atoms with E-state index in [0.717, 1.165) is 32.1 Å². The van der Waals surface area contributed by atoms with Crippen molar-refractivity contribution in [2.24, 2.45) is 5.92 Å². The van der Waals surface area contributed by atoms with Crippen molar-refractivity contribution in [3.63, 3.8) is 0 Å². The quantitative estimate of drug-likeness (QED) is 0.826. The summed E-state index contributed by atoms with van der Waals surface area (Å²) in [4.78, 5) is 4.34. The lowest BCUT2D eigenvalue weighted by atomic mass is 10.2. The molecule has 0 aliphatic carbocycles. The van der Waals surface area contributed by atoms with Crippen LogP contribution in [0.3, 0.4) is 0 Å². The fourth-order valence-corrected chi connectivity index (χ4v) is 2.23. The van der Waals surface area contributed by atoms with Crippen molar-refractivity contribution in [2.45, 2.75) is 45.8 Å². The predicted octanol–water partition coefficient (Wildman–Crippen LogP) is 2.52. The monoisotopic (exact) mass is 237 g/mol. The maximum absolute atomic E-state index is 5.60. The van der Waals surface area contributed by atoms with Gasteiger partial charge in [0.2, 0.25) is 5.95 Å². The van der Waals surface area contributed by atoms with Crippen LogP contribution in [-0.2, 0) is 11.3 Å². The predicted molar refractivity (Wildman–Crippen MR) is 69.1 cm³/mol. The first-order chi connectivity index (χ1) is 8.25. The molecule has 1 aromatic rings. The largest absolute Gasteiger partial charge is 0.378 e. The van der Waals surface area contributed by atoms with Crippen LogP contribution in [0.15, 0.2) is 12.4 Å². The first-order valence-corrected chi connectivity index (χ1v) is 6.62. The molecule has 1 aliphatic rings. The van der Waals surface area contributed by atoms with Gasteiger partial charge in [-0.25, -0.2) is 4.98 Å². The van der Waals surface area contributed by atoms with E-state index in [2.05, 4.69) is 28.7 Å². The molecule has 1 fully saturated rings. The Hall–Kier alpha value is -1.03. The molecule has 0 aromatic carbocycles. The lowest BCUT2D eigenvalue weighted by molar-refractivity contribution is 0.107. The van der Waals surface area contributed by atoms with E-state index in [0.29, 0.717) is 12.0 Å². The van der Waals surface area contributed by atoms with Gasteiger partial charge in [-0.05, 0) is 25.2 Å². The van der Waals surface area contributed by atoms with Crippen molar-refractivity contribution >= 4 is 5.95 Å². The maximum Gasteiger partial charge on any atom is 0.202 e. The zero-order valence-electron chi connectivity index (χ0n) is 10.9. The molecule has 0 spiro atoms. The van der Waals surface area contributed by atoms with Crippen LogP contribution >= 0.6 is 0 Å². The Balaban J connectivity index is 1.75. The van der Waals surface area contributed by atoms with Crippen LogP contribution in [-0.4, -0.2) is 28.8 Å². The van der Waals surface area contributed by atoms with E-state index >= 15 is 0 Å². The van der Waals surface area contributed by atoms with Crippen molar-refractivity contribution in [1.82, 2.24) is 9.55 Å². The Kier molecular flexibility index (Phi) is 4.42. The third-order valence-electron chi connectivity index (χ3n) is 3.05. The molecule has 17 heavy (non-hydrogen) atoms. The summed E-state index contributed by atoms with van der Waals surface area (Å²) in [5, 5.41) is 3.40. The van der Waals surface area contributed by atoms with Crippen LogP contribution in [0, 0.1) is 5.92 Å². The number of ether oxygens (including phenoxy) is 1. The number of rotatable bonds is 6. The molecule has 1 N–H and O–H groups in total. The van der Waals surface area contributed by atoms with Crippen molar-refractivity contribution in [3.05, 3.63) is 12.4 Å². The summed E-state index contributed by atoms with van der Waals surface area (Å²) in [5.74, 6) is 1.62. The molecule has 0 bridgehead atoms. The summed E-state index contributed by atoms with van der Waals surface area (Å²) < 4.78 is 7.78.